The lowest BCUT2D eigenvalue weighted by Crippen LogP contribution is -2.40. The minimum absolute atomic E-state index is 0. The van der Waals surface area contributed by atoms with E-state index in [1.165, 1.54) is 19.3 Å². The van der Waals surface area contributed by atoms with E-state index in [0.717, 1.165) is 44.2 Å². The molecule has 1 aliphatic carbocycles. The topological polar surface area (TPSA) is 41.9 Å². The molecule has 0 spiro atoms. The summed E-state index contributed by atoms with van der Waals surface area (Å²) in [6.45, 7) is 0. The first-order valence-electron chi connectivity index (χ1n) is 7.72. The van der Waals surface area contributed by atoms with Gasteiger partial charge in [0.1, 0.15) is 0 Å². The van der Waals surface area contributed by atoms with Gasteiger partial charge >= 0.3 is 5.97 Å². The summed E-state index contributed by atoms with van der Waals surface area (Å²) < 4.78 is 0. The van der Waals surface area contributed by atoms with E-state index in [2.05, 4.69) is 17.1 Å². The van der Waals surface area contributed by atoms with E-state index in [9.17, 15) is 4.79 Å². The maximum absolute atomic E-state index is 11.9. The zero-order valence-corrected chi connectivity index (χ0v) is 13.0. The second-order valence-corrected chi connectivity index (χ2v) is 6.36. The first kappa shape index (κ1) is 15.8. The molecule has 2 unspecified atom stereocenters. The Hall–Kier alpha value is -0.610. The van der Waals surface area contributed by atoms with E-state index >= 15 is 0 Å². The van der Waals surface area contributed by atoms with Crippen molar-refractivity contribution >= 4 is 24.1 Å². The molecule has 3 rings (SSSR count). The molecule has 2 saturated heterocycles. The van der Waals surface area contributed by atoms with Crippen molar-refractivity contribution in [3.05, 3.63) is 0 Å². The average molecular weight is 301 g/mol. The van der Waals surface area contributed by atoms with Crippen molar-refractivity contribution in [1.82, 2.24) is 4.90 Å². The number of nitrogens with zero attached hydrogens (tertiary/aromatic N) is 2. The van der Waals surface area contributed by atoms with Crippen LogP contribution in [0.4, 0.5) is 0 Å². The van der Waals surface area contributed by atoms with Crippen LogP contribution >= 0.6 is 12.4 Å². The molecule has 0 radical (unpaired) electrons. The maximum atomic E-state index is 11.9. The van der Waals surface area contributed by atoms with Crippen molar-refractivity contribution in [2.45, 2.75) is 69.9 Å². The summed E-state index contributed by atoms with van der Waals surface area (Å²) in [4.78, 5) is 19.6. The third kappa shape index (κ3) is 3.34. The summed E-state index contributed by atoms with van der Waals surface area (Å²) in [6, 6.07) is 1.23. The maximum Gasteiger partial charge on any atom is 0.338 e. The molecule has 0 N–H and O–H groups in total. The fourth-order valence-corrected chi connectivity index (χ4v) is 3.81. The number of fused-ring (bicyclic) bond motifs is 2. The van der Waals surface area contributed by atoms with E-state index in [4.69, 9.17) is 4.84 Å². The zero-order valence-electron chi connectivity index (χ0n) is 12.2. The molecule has 1 saturated carbocycles. The quantitative estimate of drug-likeness (QED) is 0.581. The second-order valence-electron chi connectivity index (χ2n) is 6.36. The Morgan fingerprint density at radius 1 is 1.10 bits per heavy atom. The summed E-state index contributed by atoms with van der Waals surface area (Å²) in [5.41, 5.74) is 1.09. The van der Waals surface area contributed by atoms with Crippen LogP contribution in [0.5, 0.6) is 0 Å². The lowest BCUT2D eigenvalue weighted by Gasteiger charge is -2.31. The first-order chi connectivity index (χ1) is 9.24. The lowest BCUT2D eigenvalue weighted by molar-refractivity contribution is -0.149. The molecule has 3 aliphatic rings. The van der Waals surface area contributed by atoms with Gasteiger partial charge in [-0.25, -0.2) is 4.79 Å². The Bertz CT molecular complexity index is 364. The molecule has 0 aromatic rings. The van der Waals surface area contributed by atoms with Gasteiger partial charge in [0.05, 0.1) is 11.6 Å². The van der Waals surface area contributed by atoms with E-state index < -0.39 is 0 Å². The molecule has 2 aliphatic heterocycles. The third-order valence-corrected chi connectivity index (χ3v) is 5.13. The molecule has 114 valence electrons. The van der Waals surface area contributed by atoms with Gasteiger partial charge in [0.25, 0.3) is 0 Å². The lowest BCUT2D eigenvalue weighted by atomic mass is 9.89. The van der Waals surface area contributed by atoms with Crippen molar-refractivity contribution in [1.29, 1.82) is 0 Å². The number of rotatable bonds is 2. The van der Waals surface area contributed by atoms with Crippen LogP contribution in [0, 0.1) is 5.92 Å². The number of halogens is 1. The van der Waals surface area contributed by atoms with E-state index in [0.29, 0.717) is 12.1 Å². The number of carbonyl (C=O) groups is 1. The number of piperidine rings is 1. The van der Waals surface area contributed by atoms with Gasteiger partial charge in [-0.2, -0.15) is 0 Å². The number of hydrogen-bond donors (Lipinski definition) is 0. The molecule has 4 nitrogen and oxygen atoms in total. The van der Waals surface area contributed by atoms with Crippen LogP contribution in [-0.4, -0.2) is 35.7 Å². The van der Waals surface area contributed by atoms with Crippen LogP contribution in [0.1, 0.15) is 57.8 Å². The monoisotopic (exact) mass is 300 g/mol. The highest BCUT2D eigenvalue weighted by Gasteiger charge is 2.37. The Balaban J connectivity index is 0.00000147. The average Bonchev–Trinajstić information content (AvgIpc) is 2.68. The Kier molecular flexibility index (Phi) is 5.44. The fourth-order valence-electron chi connectivity index (χ4n) is 3.81. The smallest absolute Gasteiger partial charge is 0.318 e. The fraction of sp³-hybridized carbons (Fsp3) is 0.867. The largest absolute Gasteiger partial charge is 0.338 e. The molecule has 0 aromatic heterocycles. The highest BCUT2D eigenvalue weighted by molar-refractivity contribution is 5.87. The van der Waals surface area contributed by atoms with Gasteiger partial charge in [-0.1, -0.05) is 24.4 Å². The molecule has 2 atom stereocenters. The molecular formula is C15H25ClN2O2. The van der Waals surface area contributed by atoms with Crippen molar-refractivity contribution in [2.75, 3.05) is 7.05 Å². The van der Waals surface area contributed by atoms with Gasteiger partial charge in [-0.3, -0.25) is 4.90 Å². The normalized spacial score (nSPS) is 30.8. The number of oxime groups is 1. The standard InChI is InChI=1S/C15H24N2O2.ClH/c1-17-13-7-8-14(17)10-12(9-13)16-19-15(18)11-5-3-2-4-6-11;/h11,13-14H,2-10H2,1H3;1H. The first-order valence-corrected chi connectivity index (χ1v) is 7.72. The van der Waals surface area contributed by atoms with Crippen LogP contribution in [0.3, 0.4) is 0 Å². The summed E-state index contributed by atoms with van der Waals surface area (Å²) in [5.74, 6) is -0.000406. The highest BCUT2D eigenvalue weighted by Crippen LogP contribution is 2.33. The molecular weight excluding hydrogens is 276 g/mol. The minimum Gasteiger partial charge on any atom is -0.318 e. The third-order valence-electron chi connectivity index (χ3n) is 5.13. The molecule has 2 heterocycles. The second kappa shape index (κ2) is 6.90. The van der Waals surface area contributed by atoms with Gasteiger partial charge < -0.3 is 4.84 Å². The van der Waals surface area contributed by atoms with Crippen molar-refractivity contribution in [3.63, 3.8) is 0 Å². The molecule has 20 heavy (non-hydrogen) atoms. The van der Waals surface area contributed by atoms with Crippen molar-refractivity contribution < 1.29 is 9.63 Å². The Labute approximate surface area is 127 Å². The highest BCUT2D eigenvalue weighted by atomic mass is 35.5. The molecule has 2 bridgehead atoms. The summed E-state index contributed by atoms with van der Waals surface area (Å²) in [6.07, 6.45) is 10.0. The van der Waals surface area contributed by atoms with Gasteiger partial charge in [-0.05, 0) is 32.7 Å². The van der Waals surface area contributed by atoms with Crippen LogP contribution < -0.4 is 0 Å². The van der Waals surface area contributed by atoms with Gasteiger partial charge in [0.2, 0.25) is 0 Å². The van der Waals surface area contributed by atoms with E-state index in [1.807, 2.05) is 0 Å². The summed E-state index contributed by atoms with van der Waals surface area (Å²) >= 11 is 0. The van der Waals surface area contributed by atoms with Crippen LogP contribution in [0.2, 0.25) is 0 Å². The van der Waals surface area contributed by atoms with Crippen LogP contribution in [-0.2, 0) is 9.63 Å². The molecule has 0 amide bonds. The Morgan fingerprint density at radius 2 is 1.70 bits per heavy atom. The summed E-state index contributed by atoms with van der Waals surface area (Å²) in [5, 5.41) is 4.17. The van der Waals surface area contributed by atoms with Gasteiger partial charge in [0, 0.05) is 24.9 Å². The Morgan fingerprint density at radius 3 is 2.30 bits per heavy atom. The van der Waals surface area contributed by atoms with Crippen LogP contribution in [0.15, 0.2) is 5.16 Å². The van der Waals surface area contributed by atoms with Crippen molar-refractivity contribution in [2.24, 2.45) is 11.1 Å². The number of carbonyl (C=O) groups excluding carboxylic acids is 1. The predicted molar refractivity (Wildman–Crippen MR) is 81.2 cm³/mol. The van der Waals surface area contributed by atoms with Gasteiger partial charge in [0.15, 0.2) is 0 Å². The van der Waals surface area contributed by atoms with E-state index in [1.54, 1.807) is 0 Å². The predicted octanol–water partition coefficient (Wildman–Crippen LogP) is 3.14. The van der Waals surface area contributed by atoms with Gasteiger partial charge in [-0.15, -0.1) is 12.4 Å². The summed E-state index contributed by atoms with van der Waals surface area (Å²) in [7, 11) is 2.20. The SMILES string of the molecule is CN1C2CCC1CC(=NOC(=O)C1CCCCC1)C2.Cl. The minimum atomic E-state index is -0.0986. The number of hydrogen-bond acceptors (Lipinski definition) is 4. The van der Waals surface area contributed by atoms with Crippen molar-refractivity contribution in [3.8, 4) is 0 Å². The molecule has 0 aromatic carbocycles. The van der Waals surface area contributed by atoms with E-state index in [-0.39, 0.29) is 24.3 Å². The molecule has 3 fully saturated rings. The van der Waals surface area contributed by atoms with Crippen LogP contribution in [0.25, 0.3) is 0 Å². The molecule has 5 heteroatoms. The zero-order chi connectivity index (χ0) is 13.2.